The van der Waals surface area contributed by atoms with Gasteiger partial charge in [0, 0.05) is 12.1 Å². The van der Waals surface area contributed by atoms with E-state index in [1.54, 1.807) is 7.11 Å². The summed E-state index contributed by atoms with van der Waals surface area (Å²) in [7, 11) is 3.17. The van der Waals surface area contributed by atoms with Gasteiger partial charge in [0.05, 0.1) is 20.1 Å². The minimum absolute atomic E-state index is 0.0654. The number of carbonyl (C=O) groups excluding carboxylic acids is 1. The second kappa shape index (κ2) is 6.75. The van der Waals surface area contributed by atoms with Crippen molar-refractivity contribution in [3.63, 3.8) is 0 Å². The summed E-state index contributed by atoms with van der Waals surface area (Å²) in [6.07, 6.45) is 1.75. The van der Waals surface area contributed by atoms with Crippen LogP contribution in [0.5, 0.6) is 5.75 Å². The molecule has 20 heavy (non-hydrogen) atoms. The van der Waals surface area contributed by atoms with Gasteiger partial charge in [0.15, 0.2) is 0 Å². The minimum Gasteiger partial charge on any atom is -0.496 e. The van der Waals surface area contributed by atoms with Gasteiger partial charge in [-0.2, -0.15) is 0 Å². The highest BCUT2D eigenvalue weighted by Crippen LogP contribution is 2.25. The Hall–Kier alpha value is -1.55. The summed E-state index contributed by atoms with van der Waals surface area (Å²) in [5.41, 5.74) is 2.45. The molecule has 1 fully saturated rings. The summed E-state index contributed by atoms with van der Waals surface area (Å²) in [5, 5.41) is 0. The average Bonchev–Trinajstić information content (AvgIpc) is 2.47. The third-order valence-electron chi connectivity index (χ3n) is 3.95. The van der Waals surface area contributed by atoms with E-state index in [4.69, 9.17) is 9.47 Å². The number of likely N-dealkylation sites (tertiary alicyclic amines) is 1. The fourth-order valence-corrected chi connectivity index (χ4v) is 2.77. The number of methoxy groups -OCH3 is 2. The molecule has 0 amide bonds. The van der Waals surface area contributed by atoms with Crippen molar-refractivity contribution in [2.24, 2.45) is 5.92 Å². The van der Waals surface area contributed by atoms with Crippen LogP contribution in [-0.4, -0.2) is 38.2 Å². The zero-order valence-electron chi connectivity index (χ0n) is 12.5. The lowest BCUT2D eigenvalue weighted by Crippen LogP contribution is -2.36. The van der Waals surface area contributed by atoms with E-state index < -0.39 is 0 Å². The highest BCUT2D eigenvalue weighted by molar-refractivity contribution is 5.72. The van der Waals surface area contributed by atoms with E-state index in [9.17, 15) is 4.79 Å². The molecule has 0 unspecified atom stereocenters. The molecule has 1 aromatic rings. The number of piperidine rings is 1. The number of hydrogen-bond donors (Lipinski definition) is 0. The lowest BCUT2D eigenvalue weighted by molar-refractivity contribution is -0.147. The van der Waals surface area contributed by atoms with Crippen molar-refractivity contribution >= 4 is 5.97 Å². The average molecular weight is 277 g/mol. The highest BCUT2D eigenvalue weighted by atomic mass is 16.5. The van der Waals surface area contributed by atoms with E-state index in [2.05, 4.69) is 24.0 Å². The van der Waals surface area contributed by atoms with Crippen LogP contribution in [0.4, 0.5) is 0 Å². The largest absolute Gasteiger partial charge is 0.496 e. The molecule has 0 saturated carbocycles. The number of nitrogens with zero attached hydrogens (tertiary/aromatic N) is 1. The van der Waals surface area contributed by atoms with E-state index in [1.807, 2.05) is 6.07 Å². The van der Waals surface area contributed by atoms with Crippen molar-refractivity contribution in [2.75, 3.05) is 27.3 Å². The van der Waals surface area contributed by atoms with Gasteiger partial charge >= 0.3 is 5.97 Å². The van der Waals surface area contributed by atoms with Crippen molar-refractivity contribution in [3.8, 4) is 5.75 Å². The summed E-state index contributed by atoms with van der Waals surface area (Å²) < 4.78 is 10.2. The third kappa shape index (κ3) is 3.51. The van der Waals surface area contributed by atoms with E-state index in [-0.39, 0.29) is 11.9 Å². The lowest BCUT2D eigenvalue weighted by Gasteiger charge is -2.31. The maximum atomic E-state index is 11.5. The molecule has 2 rings (SSSR count). The number of carbonyl (C=O) groups is 1. The first kappa shape index (κ1) is 14.9. The molecule has 1 heterocycles. The highest BCUT2D eigenvalue weighted by Gasteiger charge is 2.25. The van der Waals surface area contributed by atoms with Crippen LogP contribution in [-0.2, 0) is 16.1 Å². The maximum absolute atomic E-state index is 11.5. The number of benzene rings is 1. The van der Waals surface area contributed by atoms with Gasteiger partial charge in [0.25, 0.3) is 0 Å². The second-order valence-corrected chi connectivity index (χ2v) is 5.39. The molecule has 4 nitrogen and oxygen atoms in total. The molecule has 0 atom stereocenters. The van der Waals surface area contributed by atoms with E-state index >= 15 is 0 Å². The Kier molecular flexibility index (Phi) is 5.01. The standard InChI is InChI=1S/C16H23NO3/c1-12-4-5-15(19-2)14(10-12)11-17-8-6-13(7-9-17)16(18)20-3/h4-5,10,13H,6-9,11H2,1-3H3. The first-order valence-corrected chi connectivity index (χ1v) is 7.07. The molecule has 1 aromatic carbocycles. The van der Waals surface area contributed by atoms with Crippen molar-refractivity contribution < 1.29 is 14.3 Å². The van der Waals surface area contributed by atoms with Gasteiger partial charge < -0.3 is 9.47 Å². The Morgan fingerprint density at radius 1 is 1.30 bits per heavy atom. The summed E-state index contributed by atoms with van der Waals surface area (Å²) in [6, 6.07) is 6.25. The topological polar surface area (TPSA) is 38.8 Å². The molecule has 4 heteroatoms. The first-order valence-electron chi connectivity index (χ1n) is 7.07. The zero-order chi connectivity index (χ0) is 14.5. The van der Waals surface area contributed by atoms with Crippen LogP contribution in [0.1, 0.15) is 24.0 Å². The van der Waals surface area contributed by atoms with Crippen LogP contribution in [0.3, 0.4) is 0 Å². The van der Waals surface area contributed by atoms with Crippen LogP contribution in [0.15, 0.2) is 18.2 Å². The van der Waals surface area contributed by atoms with Gasteiger partial charge in [-0.3, -0.25) is 9.69 Å². The normalized spacial score (nSPS) is 16.9. The fourth-order valence-electron chi connectivity index (χ4n) is 2.77. The molecule has 0 N–H and O–H groups in total. The SMILES string of the molecule is COC(=O)C1CCN(Cc2cc(C)ccc2OC)CC1. The van der Waals surface area contributed by atoms with Crippen LogP contribution < -0.4 is 4.74 Å². The van der Waals surface area contributed by atoms with Gasteiger partial charge in [-0.1, -0.05) is 17.7 Å². The summed E-state index contributed by atoms with van der Waals surface area (Å²) in [5.74, 6) is 0.930. The Balaban J connectivity index is 1.96. The Morgan fingerprint density at radius 3 is 2.60 bits per heavy atom. The molecule has 1 saturated heterocycles. The molecule has 0 aromatic heterocycles. The summed E-state index contributed by atoms with van der Waals surface area (Å²) in [4.78, 5) is 13.9. The molecule has 1 aliphatic rings. The van der Waals surface area contributed by atoms with Gasteiger partial charge in [-0.05, 0) is 38.9 Å². The fraction of sp³-hybridized carbons (Fsp3) is 0.562. The minimum atomic E-state index is -0.0715. The van der Waals surface area contributed by atoms with Crippen molar-refractivity contribution in [1.82, 2.24) is 4.90 Å². The molecule has 0 radical (unpaired) electrons. The van der Waals surface area contributed by atoms with E-state index in [1.165, 1.54) is 18.2 Å². The predicted octanol–water partition coefficient (Wildman–Crippen LogP) is 2.39. The number of rotatable bonds is 4. The number of ether oxygens (including phenoxy) is 2. The molecule has 0 spiro atoms. The van der Waals surface area contributed by atoms with Crippen LogP contribution in [0.25, 0.3) is 0 Å². The number of hydrogen-bond acceptors (Lipinski definition) is 4. The Morgan fingerprint density at radius 2 is 2.00 bits per heavy atom. The van der Waals surface area contributed by atoms with E-state index in [0.717, 1.165) is 38.2 Å². The summed E-state index contributed by atoms with van der Waals surface area (Å²) >= 11 is 0. The van der Waals surface area contributed by atoms with Crippen molar-refractivity contribution in [3.05, 3.63) is 29.3 Å². The third-order valence-corrected chi connectivity index (χ3v) is 3.95. The first-order chi connectivity index (χ1) is 9.63. The van der Waals surface area contributed by atoms with Gasteiger partial charge in [-0.25, -0.2) is 0 Å². The van der Waals surface area contributed by atoms with Crippen LogP contribution >= 0.6 is 0 Å². The van der Waals surface area contributed by atoms with Crippen LogP contribution in [0.2, 0.25) is 0 Å². The quantitative estimate of drug-likeness (QED) is 0.792. The Labute approximate surface area is 120 Å². The van der Waals surface area contributed by atoms with Crippen molar-refractivity contribution in [1.29, 1.82) is 0 Å². The molecule has 1 aliphatic heterocycles. The monoisotopic (exact) mass is 277 g/mol. The molecule has 110 valence electrons. The summed E-state index contributed by atoms with van der Waals surface area (Å²) in [6.45, 7) is 4.82. The molecular weight excluding hydrogens is 254 g/mol. The molecule has 0 bridgehead atoms. The Bertz CT molecular complexity index is 465. The predicted molar refractivity (Wildman–Crippen MR) is 77.7 cm³/mol. The van der Waals surface area contributed by atoms with E-state index in [0.29, 0.717) is 0 Å². The molecular formula is C16H23NO3. The van der Waals surface area contributed by atoms with Crippen molar-refractivity contribution in [2.45, 2.75) is 26.3 Å². The number of aryl methyl sites for hydroxylation is 1. The smallest absolute Gasteiger partial charge is 0.308 e. The van der Waals surface area contributed by atoms with Gasteiger partial charge in [0.2, 0.25) is 0 Å². The van der Waals surface area contributed by atoms with Gasteiger partial charge in [-0.15, -0.1) is 0 Å². The second-order valence-electron chi connectivity index (χ2n) is 5.39. The lowest BCUT2D eigenvalue weighted by atomic mass is 9.96. The molecule has 0 aliphatic carbocycles. The zero-order valence-corrected chi connectivity index (χ0v) is 12.5. The number of esters is 1. The van der Waals surface area contributed by atoms with Gasteiger partial charge in [0.1, 0.15) is 5.75 Å². The van der Waals surface area contributed by atoms with Crippen LogP contribution in [0, 0.1) is 12.8 Å². The maximum Gasteiger partial charge on any atom is 0.308 e.